The molecular weight excluding hydrogens is 268 g/mol. The number of amides is 1. The van der Waals surface area contributed by atoms with E-state index in [0.29, 0.717) is 12.1 Å². The molecule has 1 aromatic carbocycles. The topological polar surface area (TPSA) is 67.3 Å². The fraction of sp³-hybridized carbons (Fsp3) is 0.188. The summed E-state index contributed by atoms with van der Waals surface area (Å²) in [6.07, 6.45) is 1.59. The summed E-state index contributed by atoms with van der Waals surface area (Å²) in [5.41, 5.74) is 2.37. The Hall–Kier alpha value is -2.69. The van der Waals surface area contributed by atoms with Crippen LogP contribution < -0.4 is 10.1 Å². The number of hydrogen-bond acceptors (Lipinski definition) is 3. The molecule has 0 aliphatic heterocycles. The molecule has 0 atom stereocenters. The number of methoxy groups -OCH3 is 1. The Morgan fingerprint density at radius 3 is 2.95 bits per heavy atom. The zero-order valence-corrected chi connectivity index (χ0v) is 11.9. The second-order valence-electron chi connectivity index (χ2n) is 4.80. The summed E-state index contributed by atoms with van der Waals surface area (Å²) in [5, 5.41) is 3.74. The Morgan fingerprint density at radius 1 is 1.38 bits per heavy atom. The van der Waals surface area contributed by atoms with Crippen LogP contribution in [0.25, 0.3) is 10.9 Å². The smallest absolute Gasteiger partial charge is 0.254 e. The van der Waals surface area contributed by atoms with E-state index >= 15 is 0 Å². The van der Waals surface area contributed by atoms with Gasteiger partial charge in [-0.2, -0.15) is 0 Å². The van der Waals surface area contributed by atoms with Crippen molar-refractivity contribution in [1.82, 2.24) is 10.3 Å². The Kier molecular flexibility index (Phi) is 3.39. The highest BCUT2D eigenvalue weighted by Crippen LogP contribution is 2.26. The van der Waals surface area contributed by atoms with Crippen molar-refractivity contribution in [2.75, 3.05) is 7.11 Å². The minimum atomic E-state index is -0.125. The van der Waals surface area contributed by atoms with Crippen molar-refractivity contribution in [1.29, 1.82) is 0 Å². The van der Waals surface area contributed by atoms with Crippen LogP contribution in [0.1, 0.15) is 21.8 Å². The van der Waals surface area contributed by atoms with Crippen LogP contribution in [0.15, 0.2) is 41.0 Å². The summed E-state index contributed by atoms with van der Waals surface area (Å²) in [6, 6.07) is 9.24. The molecule has 0 saturated heterocycles. The molecule has 2 N–H and O–H groups in total. The number of rotatable bonds is 4. The summed E-state index contributed by atoms with van der Waals surface area (Å²) in [4.78, 5) is 15.6. The number of carbonyl (C=O) groups excluding carboxylic acids is 1. The number of hydrogen-bond donors (Lipinski definition) is 2. The molecular formula is C16H16N2O3. The third kappa shape index (κ3) is 2.50. The summed E-state index contributed by atoms with van der Waals surface area (Å²) >= 11 is 0. The van der Waals surface area contributed by atoms with E-state index in [1.54, 1.807) is 19.4 Å². The fourth-order valence-electron chi connectivity index (χ4n) is 2.40. The molecule has 0 fully saturated rings. The quantitative estimate of drug-likeness (QED) is 0.774. The molecule has 21 heavy (non-hydrogen) atoms. The van der Waals surface area contributed by atoms with E-state index in [0.717, 1.165) is 28.1 Å². The van der Waals surface area contributed by atoms with Crippen molar-refractivity contribution in [3.05, 3.63) is 53.6 Å². The fourth-order valence-corrected chi connectivity index (χ4v) is 2.40. The van der Waals surface area contributed by atoms with Gasteiger partial charge in [0.15, 0.2) is 0 Å². The van der Waals surface area contributed by atoms with Crippen LogP contribution in [-0.4, -0.2) is 18.0 Å². The number of nitrogens with one attached hydrogen (secondary N) is 2. The van der Waals surface area contributed by atoms with Gasteiger partial charge in [-0.1, -0.05) is 0 Å². The second kappa shape index (κ2) is 5.36. The lowest BCUT2D eigenvalue weighted by Crippen LogP contribution is -2.23. The monoisotopic (exact) mass is 284 g/mol. The van der Waals surface area contributed by atoms with Gasteiger partial charge in [-0.25, -0.2) is 0 Å². The molecule has 5 heteroatoms. The van der Waals surface area contributed by atoms with Gasteiger partial charge in [0.05, 0.1) is 31.0 Å². The zero-order valence-electron chi connectivity index (χ0n) is 11.9. The molecule has 1 amide bonds. The average molecular weight is 284 g/mol. The van der Waals surface area contributed by atoms with E-state index < -0.39 is 0 Å². The lowest BCUT2D eigenvalue weighted by Gasteiger charge is -2.04. The molecule has 3 rings (SSSR count). The highest BCUT2D eigenvalue weighted by atomic mass is 16.5. The van der Waals surface area contributed by atoms with Crippen molar-refractivity contribution >= 4 is 16.8 Å². The van der Waals surface area contributed by atoms with E-state index in [1.165, 1.54) is 0 Å². The molecule has 0 aliphatic rings. The maximum Gasteiger partial charge on any atom is 0.254 e. The Bertz CT molecular complexity index is 772. The molecule has 0 radical (unpaired) electrons. The number of aromatic amines is 1. The van der Waals surface area contributed by atoms with Gasteiger partial charge in [-0.3, -0.25) is 4.79 Å². The first kappa shape index (κ1) is 13.3. The lowest BCUT2D eigenvalue weighted by molar-refractivity contribution is 0.0949. The van der Waals surface area contributed by atoms with Crippen LogP contribution in [-0.2, 0) is 6.54 Å². The maximum atomic E-state index is 12.4. The SMILES string of the molecule is COc1ccc2c(C(=O)NCc3ccco3)c(C)[nH]c2c1. The number of aromatic nitrogens is 1. The first-order valence-electron chi connectivity index (χ1n) is 6.66. The first-order valence-corrected chi connectivity index (χ1v) is 6.66. The number of fused-ring (bicyclic) bond motifs is 1. The molecule has 0 unspecified atom stereocenters. The minimum Gasteiger partial charge on any atom is -0.497 e. The van der Waals surface area contributed by atoms with Gasteiger partial charge >= 0.3 is 0 Å². The first-order chi connectivity index (χ1) is 10.2. The van der Waals surface area contributed by atoms with Crippen LogP contribution in [0.3, 0.4) is 0 Å². The van der Waals surface area contributed by atoms with Crippen molar-refractivity contribution in [2.24, 2.45) is 0 Å². The van der Waals surface area contributed by atoms with E-state index in [9.17, 15) is 4.79 Å². The molecule has 0 aliphatic carbocycles. The highest BCUT2D eigenvalue weighted by molar-refractivity contribution is 6.08. The average Bonchev–Trinajstić information content (AvgIpc) is 3.10. The van der Waals surface area contributed by atoms with Crippen molar-refractivity contribution in [3.8, 4) is 5.75 Å². The molecule has 2 aromatic heterocycles. The van der Waals surface area contributed by atoms with E-state index in [4.69, 9.17) is 9.15 Å². The van der Waals surface area contributed by atoms with Gasteiger partial charge in [0.1, 0.15) is 11.5 Å². The molecule has 5 nitrogen and oxygen atoms in total. The summed E-state index contributed by atoms with van der Waals surface area (Å²) < 4.78 is 10.4. The largest absolute Gasteiger partial charge is 0.497 e. The van der Waals surface area contributed by atoms with Gasteiger partial charge in [-0.05, 0) is 31.2 Å². The van der Waals surface area contributed by atoms with Crippen molar-refractivity contribution < 1.29 is 13.9 Å². The van der Waals surface area contributed by atoms with Gasteiger partial charge in [0.25, 0.3) is 5.91 Å². The molecule has 0 spiro atoms. The van der Waals surface area contributed by atoms with Crippen molar-refractivity contribution in [3.63, 3.8) is 0 Å². The highest BCUT2D eigenvalue weighted by Gasteiger charge is 2.16. The molecule has 2 heterocycles. The lowest BCUT2D eigenvalue weighted by atomic mass is 10.1. The normalized spacial score (nSPS) is 10.8. The number of H-pyrrole nitrogens is 1. The molecule has 3 aromatic rings. The summed E-state index contributed by atoms with van der Waals surface area (Å²) in [6.45, 7) is 2.25. The van der Waals surface area contributed by atoms with Crippen LogP contribution in [0, 0.1) is 6.92 Å². The van der Waals surface area contributed by atoms with E-state index in [2.05, 4.69) is 10.3 Å². The summed E-state index contributed by atoms with van der Waals surface area (Å²) in [7, 11) is 1.62. The van der Waals surface area contributed by atoms with Gasteiger partial charge in [0, 0.05) is 17.1 Å². The molecule has 0 bridgehead atoms. The zero-order chi connectivity index (χ0) is 14.8. The third-order valence-electron chi connectivity index (χ3n) is 3.42. The standard InChI is InChI=1S/C16H16N2O3/c1-10-15(16(19)17-9-12-4-3-7-21-12)13-6-5-11(20-2)8-14(13)18-10/h3-8,18H,9H2,1-2H3,(H,17,19). The number of furan rings is 1. The Labute approximate surface area is 121 Å². The predicted octanol–water partition coefficient (Wildman–Crippen LogP) is 3.01. The maximum absolute atomic E-state index is 12.4. The van der Waals surface area contributed by atoms with Gasteiger partial charge in [0.2, 0.25) is 0 Å². The third-order valence-corrected chi connectivity index (χ3v) is 3.42. The van der Waals surface area contributed by atoms with Gasteiger partial charge < -0.3 is 19.5 Å². The van der Waals surface area contributed by atoms with Crippen molar-refractivity contribution in [2.45, 2.75) is 13.5 Å². The van der Waals surface area contributed by atoms with E-state index in [1.807, 2.05) is 31.2 Å². The van der Waals surface area contributed by atoms with Gasteiger partial charge in [-0.15, -0.1) is 0 Å². The van der Waals surface area contributed by atoms with E-state index in [-0.39, 0.29) is 5.91 Å². The Morgan fingerprint density at radius 2 is 2.24 bits per heavy atom. The number of ether oxygens (including phenoxy) is 1. The number of benzene rings is 1. The second-order valence-corrected chi connectivity index (χ2v) is 4.80. The number of carbonyl (C=O) groups is 1. The molecule has 0 saturated carbocycles. The number of aryl methyl sites for hydroxylation is 1. The van der Waals surface area contributed by atoms with Crippen LogP contribution in [0.4, 0.5) is 0 Å². The molecule has 108 valence electrons. The predicted molar refractivity (Wildman–Crippen MR) is 79.5 cm³/mol. The van der Waals surface area contributed by atoms with Crippen LogP contribution >= 0.6 is 0 Å². The minimum absolute atomic E-state index is 0.125. The van der Waals surface area contributed by atoms with Crippen LogP contribution in [0.5, 0.6) is 5.75 Å². The van der Waals surface area contributed by atoms with Crippen LogP contribution in [0.2, 0.25) is 0 Å². The summed E-state index contributed by atoms with van der Waals surface area (Å²) in [5.74, 6) is 1.36. The Balaban J connectivity index is 1.88.